The van der Waals surface area contributed by atoms with Gasteiger partial charge in [-0.2, -0.15) is 5.10 Å². The van der Waals surface area contributed by atoms with E-state index in [1.807, 2.05) is 38.4 Å². The molecule has 0 bridgehead atoms. The maximum atomic E-state index is 6.17. The van der Waals surface area contributed by atoms with Crippen LogP contribution in [0.3, 0.4) is 0 Å². The van der Waals surface area contributed by atoms with Gasteiger partial charge in [0.05, 0.1) is 22.5 Å². The van der Waals surface area contributed by atoms with E-state index in [2.05, 4.69) is 15.4 Å². The molecule has 0 spiro atoms. The summed E-state index contributed by atoms with van der Waals surface area (Å²) >= 11 is 6.17. The number of hydrogen-bond donors (Lipinski definition) is 1. The summed E-state index contributed by atoms with van der Waals surface area (Å²) in [6, 6.07) is 5.58. The van der Waals surface area contributed by atoms with Gasteiger partial charge in [-0.1, -0.05) is 18.5 Å². The molecule has 1 unspecified atom stereocenters. The largest absolute Gasteiger partial charge is 0.304 e. The molecule has 0 saturated carbocycles. The lowest BCUT2D eigenvalue weighted by atomic mass is 10.1. The third kappa shape index (κ3) is 2.65. The first kappa shape index (κ1) is 12.1. The maximum Gasteiger partial charge on any atom is 0.0958 e. The topological polar surface area (TPSA) is 42.7 Å². The molecule has 17 heavy (non-hydrogen) atoms. The number of aryl methyl sites for hydroxylation is 1. The van der Waals surface area contributed by atoms with Crippen molar-refractivity contribution in [1.29, 1.82) is 0 Å². The van der Waals surface area contributed by atoms with Gasteiger partial charge in [-0.05, 0) is 24.7 Å². The summed E-state index contributed by atoms with van der Waals surface area (Å²) in [6.45, 7) is 2.88. The predicted molar refractivity (Wildman–Crippen MR) is 68.0 cm³/mol. The fourth-order valence-corrected chi connectivity index (χ4v) is 1.97. The standard InChI is InChI=1S/C12H15ClN4/c1-3-14-12(10-6-8-17(2)16-10)11-9(13)5-4-7-15-11/h4-8,12,14H,3H2,1-2H3. The number of aromatic nitrogens is 3. The van der Waals surface area contributed by atoms with E-state index in [-0.39, 0.29) is 6.04 Å². The first-order valence-electron chi connectivity index (χ1n) is 5.55. The quantitative estimate of drug-likeness (QED) is 0.904. The van der Waals surface area contributed by atoms with Crippen LogP contribution in [0.4, 0.5) is 0 Å². The maximum absolute atomic E-state index is 6.17. The van der Waals surface area contributed by atoms with Crippen LogP contribution >= 0.6 is 11.6 Å². The summed E-state index contributed by atoms with van der Waals surface area (Å²) in [5.74, 6) is 0. The van der Waals surface area contributed by atoms with Crippen molar-refractivity contribution in [3.63, 3.8) is 0 Å². The van der Waals surface area contributed by atoms with E-state index in [9.17, 15) is 0 Å². The highest BCUT2D eigenvalue weighted by Gasteiger charge is 2.19. The number of halogens is 1. The number of hydrogen-bond acceptors (Lipinski definition) is 3. The van der Waals surface area contributed by atoms with Crippen LogP contribution in [0, 0.1) is 0 Å². The molecule has 0 fully saturated rings. The van der Waals surface area contributed by atoms with Crippen molar-refractivity contribution in [2.24, 2.45) is 7.05 Å². The van der Waals surface area contributed by atoms with Crippen molar-refractivity contribution in [3.05, 3.63) is 47.0 Å². The highest BCUT2D eigenvalue weighted by Crippen LogP contribution is 2.24. The molecule has 2 aromatic heterocycles. The Morgan fingerprint density at radius 2 is 2.29 bits per heavy atom. The van der Waals surface area contributed by atoms with E-state index in [1.165, 1.54) is 0 Å². The Bertz CT molecular complexity index is 495. The molecule has 0 amide bonds. The number of pyridine rings is 1. The molecule has 1 N–H and O–H groups in total. The normalized spacial score (nSPS) is 12.6. The lowest BCUT2D eigenvalue weighted by Gasteiger charge is -2.16. The van der Waals surface area contributed by atoms with Gasteiger partial charge in [-0.3, -0.25) is 9.67 Å². The molecular weight excluding hydrogens is 236 g/mol. The molecule has 5 heteroatoms. The third-order valence-electron chi connectivity index (χ3n) is 2.50. The fourth-order valence-electron chi connectivity index (χ4n) is 1.74. The summed E-state index contributed by atoms with van der Waals surface area (Å²) in [7, 11) is 1.90. The van der Waals surface area contributed by atoms with Gasteiger partial charge in [-0.15, -0.1) is 0 Å². The van der Waals surface area contributed by atoms with Crippen LogP contribution in [-0.4, -0.2) is 21.3 Å². The number of nitrogens with zero attached hydrogens (tertiary/aromatic N) is 3. The van der Waals surface area contributed by atoms with E-state index in [0.717, 1.165) is 17.9 Å². The van der Waals surface area contributed by atoms with E-state index in [0.29, 0.717) is 5.02 Å². The molecule has 0 aliphatic heterocycles. The van der Waals surface area contributed by atoms with Crippen molar-refractivity contribution < 1.29 is 0 Å². The molecule has 0 aliphatic carbocycles. The number of nitrogens with one attached hydrogen (secondary N) is 1. The minimum absolute atomic E-state index is 0.0603. The van der Waals surface area contributed by atoms with Crippen molar-refractivity contribution >= 4 is 11.6 Å². The summed E-state index contributed by atoms with van der Waals surface area (Å²) in [6.07, 6.45) is 3.66. The van der Waals surface area contributed by atoms with Crippen LogP contribution < -0.4 is 5.32 Å². The van der Waals surface area contributed by atoms with Crippen LogP contribution in [0.1, 0.15) is 24.4 Å². The molecule has 2 heterocycles. The second-order valence-electron chi connectivity index (χ2n) is 3.78. The third-order valence-corrected chi connectivity index (χ3v) is 2.82. The second-order valence-corrected chi connectivity index (χ2v) is 4.18. The Hall–Kier alpha value is -1.39. The molecule has 90 valence electrons. The molecule has 2 rings (SSSR count). The Balaban J connectivity index is 2.39. The van der Waals surface area contributed by atoms with Crippen molar-refractivity contribution in [2.75, 3.05) is 6.54 Å². The van der Waals surface area contributed by atoms with E-state index in [1.54, 1.807) is 10.9 Å². The minimum atomic E-state index is -0.0603. The van der Waals surface area contributed by atoms with Gasteiger partial charge in [0.2, 0.25) is 0 Å². The Morgan fingerprint density at radius 1 is 1.47 bits per heavy atom. The van der Waals surface area contributed by atoms with E-state index >= 15 is 0 Å². The molecule has 0 aliphatic rings. The SMILES string of the molecule is CCNC(c1ccn(C)n1)c1ncccc1Cl. The molecule has 2 aromatic rings. The smallest absolute Gasteiger partial charge is 0.0958 e. The molecular formula is C12H15ClN4. The van der Waals surface area contributed by atoms with Crippen molar-refractivity contribution in [3.8, 4) is 0 Å². The number of rotatable bonds is 4. The van der Waals surface area contributed by atoms with Gasteiger partial charge >= 0.3 is 0 Å². The molecule has 4 nitrogen and oxygen atoms in total. The van der Waals surface area contributed by atoms with Crippen LogP contribution in [0.25, 0.3) is 0 Å². The molecule has 0 saturated heterocycles. The Morgan fingerprint density at radius 3 is 2.88 bits per heavy atom. The summed E-state index contributed by atoms with van der Waals surface area (Å²) in [4.78, 5) is 4.34. The minimum Gasteiger partial charge on any atom is -0.304 e. The van der Waals surface area contributed by atoms with Gasteiger partial charge in [0.1, 0.15) is 0 Å². The van der Waals surface area contributed by atoms with Gasteiger partial charge < -0.3 is 5.32 Å². The fraction of sp³-hybridized carbons (Fsp3) is 0.333. The van der Waals surface area contributed by atoms with Crippen LogP contribution in [0.2, 0.25) is 5.02 Å². The summed E-state index contributed by atoms with van der Waals surface area (Å²) < 4.78 is 1.77. The summed E-state index contributed by atoms with van der Waals surface area (Å²) in [5.41, 5.74) is 1.74. The average Bonchev–Trinajstić information content (AvgIpc) is 2.74. The monoisotopic (exact) mass is 250 g/mol. The zero-order valence-corrected chi connectivity index (χ0v) is 10.6. The van der Waals surface area contributed by atoms with Gasteiger partial charge in [-0.25, -0.2) is 0 Å². The van der Waals surface area contributed by atoms with Crippen LogP contribution in [0.5, 0.6) is 0 Å². The lowest BCUT2D eigenvalue weighted by molar-refractivity contribution is 0.587. The first-order chi connectivity index (χ1) is 8.22. The van der Waals surface area contributed by atoms with Crippen LogP contribution in [-0.2, 0) is 7.05 Å². The lowest BCUT2D eigenvalue weighted by Crippen LogP contribution is -2.23. The molecule has 1 atom stereocenters. The predicted octanol–water partition coefficient (Wildman–Crippen LogP) is 2.17. The highest BCUT2D eigenvalue weighted by molar-refractivity contribution is 6.31. The Labute approximate surface area is 106 Å². The van der Waals surface area contributed by atoms with Crippen LogP contribution in [0.15, 0.2) is 30.6 Å². The van der Waals surface area contributed by atoms with E-state index in [4.69, 9.17) is 11.6 Å². The van der Waals surface area contributed by atoms with E-state index < -0.39 is 0 Å². The zero-order valence-electron chi connectivity index (χ0n) is 9.89. The zero-order chi connectivity index (χ0) is 12.3. The van der Waals surface area contributed by atoms with Crippen molar-refractivity contribution in [2.45, 2.75) is 13.0 Å². The first-order valence-corrected chi connectivity index (χ1v) is 5.93. The summed E-state index contributed by atoms with van der Waals surface area (Å²) in [5, 5.41) is 8.41. The Kier molecular flexibility index (Phi) is 3.76. The molecule has 0 aromatic carbocycles. The second kappa shape index (κ2) is 5.29. The van der Waals surface area contributed by atoms with Crippen molar-refractivity contribution in [1.82, 2.24) is 20.1 Å². The van der Waals surface area contributed by atoms with Gasteiger partial charge in [0.25, 0.3) is 0 Å². The highest BCUT2D eigenvalue weighted by atomic mass is 35.5. The average molecular weight is 251 g/mol. The van der Waals surface area contributed by atoms with Gasteiger partial charge in [0.15, 0.2) is 0 Å². The van der Waals surface area contributed by atoms with Gasteiger partial charge in [0, 0.05) is 19.4 Å². The molecule has 0 radical (unpaired) electrons.